The van der Waals surface area contributed by atoms with Gasteiger partial charge in [0.25, 0.3) is 0 Å². The van der Waals surface area contributed by atoms with Crippen LogP contribution >= 0.6 is 0 Å². The van der Waals surface area contributed by atoms with Crippen LogP contribution in [0.1, 0.15) is 30.2 Å². The van der Waals surface area contributed by atoms with Gasteiger partial charge in [-0.2, -0.15) is 0 Å². The second-order valence-corrected chi connectivity index (χ2v) is 8.37. The molecule has 2 aliphatic rings. The summed E-state index contributed by atoms with van der Waals surface area (Å²) >= 11 is 0. The van der Waals surface area contributed by atoms with E-state index in [1.807, 2.05) is 17.0 Å². The van der Waals surface area contributed by atoms with Crippen LogP contribution in [0.4, 0.5) is 9.18 Å². The van der Waals surface area contributed by atoms with Crippen molar-refractivity contribution in [1.29, 1.82) is 0 Å². The molecule has 8 nitrogen and oxygen atoms in total. The zero-order valence-corrected chi connectivity index (χ0v) is 17.5. The second-order valence-electron chi connectivity index (χ2n) is 8.37. The molecule has 0 saturated carbocycles. The minimum absolute atomic E-state index is 0.0638. The average molecular weight is 437 g/mol. The van der Waals surface area contributed by atoms with E-state index >= 15 is 0 Å². The molecule has 2 aliphatic heterocycles. The molecule has 3 aromatic rings. The van der Waals surface area contributed by atoms with Gasteiger partial charge in [0.2, 0.25) is 11.8 Å². The maximum atomic E-state index is 13.1. The molecule has 9 heteroatoms. The SMILES string of the molecule is O=C(NCc1ccc(F)cc1)N1CC(c2nnc(-c3ccncc3)o2)C2(CCOCC2)C1. The lowest BCUT2D eigenvalue weighted by Crippen LogP contribution is -2.41. The van der Waals surface area contributed by atoms with Crippen LogP contribution in [0.3, 0.4) is 0 Å². The number of amides is 2. The Kier molecular flexibility index (Phi) is 5.57. The number of ether oxygens (including phenoxy) is 1. The molecule has 32 heavy (non-hydrogen) atoms. The Morgan fingerprint density at radius 3 is 2.62 bits per heavy atom. The van der Waals surface area contributed by atoms with Gasteiger partial charge >= 0.3 is 6.03 Å². The van der Waals surface area contributed by atoms with Crippen LogP contribution in [-0.4, -0.2) is 52.4 Å². The third kappa shape index (κ3) is 4.08. The molecular weight excluding hydrogens is 413 g/mol. The van der Waals surface area contributed by atoms with Crippen LogP contribution in [0.5, 0.6) is 0 Å². The first-order chi connectivity index (χ1) is 15.6. The van der Waals surface area contributed by atoms with Crippen LogP contribution in [0.25, 0.3) is 11.5 Å². The number of benzene rings is 1. The molecule has 0 aliphatic carbocycles. The lowest BCUT2D eigenvalue weighted by atomic mass is 9.72. The van der Waals surface area contributed by atoms with Crippen molar-refractivity contribution in [2.45, 2.75) is 25.3 Å². The number of hydrogen-bond donors (Lipinski definition) is 1. The van der Waals surface area contributed by atoms with Crippen molar-refractivity contribution in [3.05, 3.63) is 66.1 Å². The van der Waals surface area contributed by atoms with Crippen molar-refractivity contribution in [3.63, 3.8) is 0 Å². The van der Waals surface area contributed by atoms with Crippen LogP contribution in [-0.2, 0) is 11.3 Å². The largest absolute Gasteiger partial charge is 0.420 e. The van der Waals surface area contributed by atoms with E-state index < -0.39 is 0 Å². The van der Waals surface area contributed by atoms with Crippen molar-refractivity contribution >= 4 is 6.03 Å². The summed E-state index contributed by atoms with van der Waals surface area (Å²) in [5, 5.41) is 11.5. The fourth-order valence-electron chi connectivity index (χ4n) is 4.63. The number of likely N-dealkylation sites (tertiary alicyclic amines) is 1. The van der Waals surface area contributed by atoms with E-state index in [-0.39, 0.29) is 23.2 Å². The zero-order valence-electron chi connectivity index (χ0n) is 17.5. The third-order valence-corrected chi connectivity index (χ3v) is 6.45. The maximum absolute atomic E-state index is 13.1. The number of carbonyl (C=O) groups is 1. The van der Waals surface area contributed by atoms with Gasteiger partial charge in [-0.1, -0.05) is 12.1 Å². The van der Waals surface area contributed by atoms with Gasteiger partial charge in [-0.15, -0.1) is 10.2 Å². The Hall–Kier alpha value is -3.33. The molecule has 2 amide bonds. The highest BCUT2D eigenvalue weighted by Gasteiger charge is 2.51. The first-order valence-corrected chi connectivity index (χ1v) is 10.7. The number of pyridine rings is 1. The summed E-state index contributed by atoms with van der Waals surface area (Å²) in [5.74, 6) is 0.636. The van der Waals surface area contributed by atoms with E-state index in [0.717, 1.165) is 24.0 Å². The smallest absolute Gasteiger partial charge is 0.317 e. The van der Waals surface area contributed by atoms with Gasteiger partial charge in [0.1, 0.15) is 5.82 Å². The summed E-state index contributed by atoms with van der Waals surface area (Å²) < 4.78 is 24.8. The minimum atomic E-state index is -0.297. The van der Waals surface area contributed by atoms with Gasteiger partial charge in [-0.05, 0) is 42.7 Å². The molecule has 2 saturated heterocycles. The van der Waals surface area contributed by atoms with Crippen LogP contribution in [0.2, 0.25) is 0 Å². The molecule has 5 rings (SSSR count). The summed E-state index contributed by atoms with van der Waals surface area (Å²) in [6.07, 6.45) is 5.02. The Morgan fingerprint density at radius 1 is 1.12 bits per heavy atom. The molecule has 0 bridgehead atoms. The molecule has 2 fully saturated rings. The number of carbonyl (C=O) groups excluding carboxylic acids is 1. The molecule has 4 heterocycles. The number of halogens is 1. The number of rotatable bonds is 4. The maximum Gasteiger partial charge on any atom is 0.317 e. The lowest BCUT2D eigenvalue weighted by Gasteiger charge is -2.36. The summed E-state index contributed by atoms with van der Waals surface area (Å²) in [6.45, 7) is 2.72. The van der Waals surface area contributed by atoms with E-state index in [4.69, 9.17) is 9.15 Å². The molecule has 1 atom stereocenters. The molecule has 1 unspecified atom stereocenters. The average Bonchev–Trinajstić information content (AvgIpc) is 3.45. The number of aromatic nitrogens is 3. The summed E-state index contributed by atoms with van der Waals surface area (Å²) in [4.78, 5) is 18.8. The summed E-state index contributed by atoms with van der Waals surface area (Å²) in [7, 11) is 0. The van der Waals surface area contributed by atoms with Crippen molar-refractivity contribution in [2.24, 2.45) is 5.41 Å². The Labute approximate surface area is 184 Å². The number of hydrogen-bond acceptors (Lipinski definition) is 6. The fourth-order valence-corrected chi connectivity index (χ4v) is 4.63. The Bertz CT molecular complexity index is 1070. The number of nitrogens with zero attached hydrogens (tertiary/aromatic N) is 4. The molecule has 1 spiro atoms. The molecule has 0 radical (unpaired) electrons. The van der Waals surface area contributed by atoms with E-state index in [0.29, 0.717) is 44.6 Å². The molecule has 166 valence electrons. The number of urea groups is 1. The molecule has 1 N–H and O–H groups in total. The Morgan fingerprint density at radius 2 is 1.88 bits per heavy atom. The normalized spacial score (nSPS) is 19.9. The van der Waals surface area contributed by atoms with Crippen molar-refractivity contribution in [3.8, 4) is 11.5 Å². The van der Waals surface area contributed by atoms with Crippen molar-refractivity contribution in [1.82, 2.24) is 25.4 Å². The predicted octanol–water partition coefficient (Wildman–Crippen LogP) is 3.38. The Balaban J connectivity index is 1.33. The van der Waals surface area contributed by atoms with E-state index in [2.05, 4.69) is 20.5 Å². The zero-order chi connectivity index (χ0) is 22.0. The topological polar surface area (TPSA) is 93.4 Å². The van der Waals surface area contributed by atoms with E-state index in [1.165, 1.54) is 12.1 Å². The van der Waals surface area contributed by atoms with Gasteiger partial charge in [0, 0.05) is 56.2 Å². The van der Waals surface area contributed by atoms with Gasteiger partial charge < -0.3 is 19.4 Å². The lowest BCUT2D eigenvalue weighted by molar-refractivity contribution is 0.0102. The van der Waals surface area contributed by atoms with Gasteiger partial charge in [-0.3, -0.25) is 4.98 Å². The van der Waals surface area contributed by atoms with Gasteiger partial charge in [-0.25, -0.2) is 9.18 Å². The minimum Gasteiger partial charge on any atom is -0.420 e. The fraction of sp³-hybridized carbons (Fsp3) is 0.391. The third-order valence-electron chi connectivity index (χ3n) is 6.45. The highest BCUT2D eigenvalue weighted by molar-refractivity contribution is 5.74. The monoisotopic (exact) mass is 437 g/mol. The van der Waals surface area contributed by atoms with Gasteiger partial charge in [0.15, 0.2) is 0 Å². The molecular formula is C23H24FN5O3. The summed E-state index contributed by atoms with van der Waals surface area (Å²) in [5.41, 5.74) is 1.50. The molecule has 2 aromatic heterocycles. The first-order valence-electron chi connectivity index (χ1n) is 10.7. The van der Waals surface area contributed by atoms with Crippen molar-refractivity contribution < 1.29 is 18.3 Å². The van der Waals surface area contributed by atoms with E-state index in [9.17, 15) is 9.18 Å². The van der Waals surface area contributed by atoms with E-state index in [1.54, 1.807) is 24.5 Å². The van der Waals surface area contributed by atoms with Crippen LogP contribution < -0.4 is 5.32 Å². The second kappa shape index (κ2) is 8.66. The highest BCUT2D eigenvalue weighted by atomic mass is 19.1. The standard InChI is InChI=1S/C23H24FN5O3/c24-18-3-1-16(2-4-18)13-26-22(30)29-14-19(23(15-29)7-11-31-12-8-23)21-28-27-20(32-21)17-5-9-25-10-6-17/h1-6,9-10,19H,7-8,11-15H2,(H,26,30). The summed E-state index contributed by atoms with van der Waals surface area (Å²) in [6, 6.07) is 9.61. The van der Waals surface area contributed by atoms with Crippen LogP contribution in [0, 0.1) is 11.2 Å². The first kappa shape index (κ1) is 20.6. The van der Waals surface area contributed by atoms with Crippen LogP contribution in [0.15, 0.2) is 53.2 Å². The van der Waals surface area contributed by atoms with Gasteiger partial charge in [0.05, 0.1) is 5.92 Å². The predicted molar refractivity (Wildman–Crippen MR) is 113 cm³/mol. The van der Waals surface area contributed by atoms with Crippen molar-refractivity contribution in [2.75, 3.05) is 26.3 Å². The number of nitrogens with one attached hydrogen (secondary N) is 1. The quantitative estimate of drug-likeness (QED) is 0.673. The molecule has 1 aromatic carbocycles. The highest BCUT2D eigenvalue weighted by Crippen LogP contribution is 2.49.